The minimum atomic E-state index is 0. The van der Waals surface area contributed by atoms with Crippen LogP contribution >= 0.6 is 36.2 Å². The van der Waals surface area contributed by atoms with Crippen LogP contribution in [0.15, 0.2) is 16.5 Å². The Morgan fingerprint density at radius 3 is 2.67 bits per heavy atom. The summed E-state index contributed by atoms with van der Waals surface area (Å²) in [6, 6.07) is 4.29. The Bertz CT molecular complexity index is 701. The lowest BCUT2D eigenvalue weighted by molar-refractivity contribution is 0.0607. The molecule has 0 aliphatic carbocycles. The third-order valence-electron chi connectivity index (χ3n) is 4.24. The van der Waals surface area contributed by atoms with Crippen LogP contribution in [-0.2, 0) is 0 Å². The lowest BCUT2D eigenvalue weighted by atomic mass is 10.1. The molecule has 1 fully saturated rings. The van der Waals surface area contributed by atoms with E-state index in [4.69, 9.17) is 4.42 Å². The maximum Gasteiger partial charge on any atom is 0.266 e. The van der Waals surface area contributed by atoms with Gasteiger partial charge >= 0.3 is 0 Å². The van der Waals surface area contributed by atoms with Crippen molar-refractivity contribution in [3.8, 4) is 10.8 Å². The van der Waals surface area contributed by atoms with Crippen LogP contribution in [0.1, 0.15) is 35.0 Å². The van der Waals surface area contributed by atoms with Gasteiger partial charge in [-0.3, -0.25) is 4.79 Å². The molecule has 134 valence electrons. The number of amides is 1. The van der Waals surface area contributed by atoms with Crippen molar-refractivity contribution < 1.29 is 9.21 Å². The first-order chi connectivity index (χ1) is 10.5. The van der Waals surface area contributed by atoms with Crippen LogP contribution in [0.3, 0.4) is 0 Å². The molecular formula is C16H23Cl2N3O2S. The molecular weight excluding hydrogens is 369 g/mol. The van der Waals surface area contributed by atoms with Gasteiger partial charge in [0.25, 0.3) is 5.91 Å². The second-order valence-corrected chi connectivity index (χ2v) is 6.82. The van der Waals surface area contributed by atoms with E-state index in [0.717, 1.165) is 35.3 Å². The van der Waals surface area contributed by atoms with E-state index in [2.05, 4.69) is 24.1 Å². The van der Waals surface area contributed by atoms with Gasteiger partial charge in [0.1, 0.15) is 10.6 Å². The first-order valence-electron chi connectivity index (χ1n) is 7.56. The number of hydrogen-bond donors (Lipinski definition) is 1. The first-order valence-corrected chi connectivity index (χ1v) is 8.37. The maximum absolute atomic E-state index is 12.9. The Morgan fingerprint density at radius 1 is 1.33 bits per heavy atom. The second kappa shape index (κ2) is 8.34. The van der Waals surface area contributed by atoms with E-state index in [0.29, 0.717) is 10.9 Å². The van der Waals surface area contributed by atoms with Crippen molar-refractivity contribution >= 4 is 42.1 Å². The summed E-state index contributed by atoms with van der Waals surface area (Å²) < 4.78 is 5.61. The maximum atomic E-state index is 12.9. The number of thiazole rings is 1. The molecule has 3 rings (SSSR count). The van der Waals surface area contributed by atoms with E-state index in [1.807, 2.05) is 30.9 Å². The third-order valence-corrected chi connectivity index (χ3v) is 5.40. The molecule has 1 aliphatic rings. The summed E-state index contributed by atoms with van der Waals surface area (Å²) in [6.45, 7) is 9.55. The number of carbonyl (C=O) groups excluding carboxylic acids is 1. The molecule has 2 aromatic rings. The predicted molar refractivity (Wildman–Crippen MR) is 102 cm³/mol. The second-order valence-electron chi connectivity index (χ2n) is 5.83. The van der Waals surface area contributed by atoms with Crippen LogP contribution in [0.25, 0.3) is 10.8 Å². The fourth-order valence-electron chi connectivity index (χ4n) is 2.72. The molecule has 2 aromatic heterocycles. The van der Waals surface area contributed by atoms with Gasteiger partial charge in [0.15, 0.2) is 10.8 Å². The van der Waals surface area contributed by atoms with Crippen LogP contribution < -0.4 is 5.32 Å². The summed E-state index contributed by atoms with van der Waals surface area (Å²) >= 11 is 1.41. The SMILES string of the molecule is Cc1ccc(-c2nc(C)c(C(=O)N3CCNC(C)C3C)s2)o1.Cl.Cl. The van der Waals surface area contributed by atoms with E-state index in [-0.39, 0.29) is 36.8 Å². The van der Waals surface area contributed by atoms with Crippen molar-refractivity contribution in [3.63, 3.8) is 0 Å². The number of furan rings is 1. The molecule has 0 radical (unpaired) electrons. The Kier molecular flexibility index (Phi) is 7.28. The molecule has 0 aromatic carbocycles. The number of carbonyl (C=O) groups is 1. The zero-order valence-electron chi connectivity index (χ0n) is 14.2. The Balaban J connectivity index is 0.00000144. The quantitative estimate of drug-likeness (QED) is 0.847. The van der Waals surface area contributed by atoms with E-state index in [1.54, 1.807) is 0 Å². The van der Waals surface area contributed by atoms with E-state index < -0.39 is 0 Å². The summed E-state index contributed by atoms with van der Waals surface area (Å²) in [4.78, 5) is 20.0. The lowest BCUT2D eigenvalue weighted by Gasteiger charge is -2.38. The first kappa shape index (κ1) is 21.0. The standard InChI is InChI=1S/C16H21N3O2S.2ClH/c1-9-5-6-13(21-9)15-18-11(3)14(22-15)16(20)19-8-7-17-10(2)12(19)4;;/h5-6,10,12,17H,7-8H2,1-4H3;2*1H. The van der Waals surface area contributed by atoms with Gasteiger partial charge in [-0.25, -0.2) is 4.98 Å². The molecule has 24 heavy (non-hydrogen) atoms. The van der Waals surface area contributed by atoms with Gasteiger partial charge in [-0.2, -0.15) is 0 Å². The number of nitrogens with one attached hydrogen (secondary N) is 1. The normalized spacial score (nSPS) is 20.2. The number of piperazine rings is 1. The highest BCUT2D eigenvalue weighted by Crippen LogP contribution is 2.30. The van der Waals surface area contributed by atoms with Crippen LogP contribution in [0, 0.1) is 13.8 Å². The zero-order chi connectivity index (χ0) is 15.9. The predicted octanol–water partition coefficient (Wildman–Crippen LogP) is 3.69. The lowest BCUT2D eigenvalue weighted by Crippen LogP contribution is -2.57. The number of aromatic nitrogens is 1. The average molecular weight is 392 g/mol. The monoisotopic (exact) mass is 391 g/mol. The third kappa shape index (κ3) is 3.94. The van der Waals surface area contributed by atoms with Gasteiger partial charge in [0.2, 0.25) is 0 Å². The summed E-state index contributed by atoms with van der Waals surface area (Å²) in [7, 11) is 0. The number of nitrogens with zero attached hydrogens (tertiary/aromatic N) is 2. The van der Waals surface area contributed by atoms with Crippen LogP contribution in [0.4, 0.5) is 0 Å². The van der Waals surface area contributed by atoms with Gasteiger partial charge in [-0.1, -0.05) is 0 Å². The van der Waals surface area contributed by atoms with E-state index >= 15 is 0 Å². The Hall–Kier alpha value is -1.08. The van der Waals surface area contributed by atoms with Gasteiger partial charge in [0.05, 0.1) is 5.69 Å². The van der Waals surface area contributed by atoms with E-state index in [9.17, 15) is 4.79 Å². The largest absolute Gasteiger partial charge is 0.459 e. The average Bonchev–Trinajstić information content (AvgIpc) is 3.07. The van der Waals surface area contributed by atoms with Crippen molar-refractivity contribution in [1.82, 2.24) is 15.2 Å². The fraction of sp³-hybridized carbons (Fsp3) is 0.500. The van der Waals surface area contributed by atoms with Crippen LogP contribution in [-0.4, -0.2) is 41.0 Å². The summed E-state index contributed by atoms with van der Waals surface area (Å²) in [5, 5.41) is 4.16. The van der Waals surface area contributed by atoms with Crippen LogP contribution in [0.5, 0.6) is 0 Å². The van der Waals surface area contributed by atoms with Crippen molar-refractivity contribution in [3.05, 3.63) is 28.5 Å². The number of rotatable bonds is 2. The molecule has 8 heteroatoms. The molecule has 2 atom stereocenters. The number of halogens is 2. The Labute approximate surface area is 158 Å². The molecule has 1 aliphatic heterocycles. The molecule has 0 bridgehead atoms. The summed E-state index contributed by atoms with van der Waals surface area (Å²) in [5.41, 5.74) is 0.775. The summed E-state index contributed by atoms with van der Waals surface area (Å²) in [5.74, 6) is 1.65. The molecule has 0 spiro atoms. The zero-order valence-corrected chi connectivity index (χ0v) is 16.6. The van der Waals surface area contributed by atoms with Crippen LogP contribution in [0.2, 0.25) is 0 Å². The molecule has 1 N–H and O–H groups in total. The van der Waals surface area contributed by atoms with Crippen molar-refractivity contribution in [2.75, 3.05) is 13.1 Å². The van der Waals surface area contributed by atoms with Gasteiger partial charge in [-0.05, 0) is 39.8 Å². The smallest absolute Gasteiger partial charge is 0.266 e. The van der Waals surface area contributed by atoms with Crippen molar-refractivity contribution in [2.24, 2.45) is 0 Å². The topological polar surface area (TPSA) is 58.4 Å². The molecule has 0 saturated carbocycles. The fourth-order valence-corrected chi connectivity index (χ4v) is 3.71. The van der Waals surface area contributed by atoms with Gasteiger partial charge in [0, 0.05) is 25.2 Å². The number of aryl methyl sites for hydroxylation is 2. The molecule has 1 amide bonds. The molecule has 2 unspecified atom stereocenters. The number of hydrogen-bond acceptors (Lipinski definition) is 5. The minimum absolute atomic E-state index is 0. The molecule has 5 nitrogen and oxygen atoms in total. The summed E-state index contributed by atoms with van der Waals surface area (Å²) in [6.07, 6.45) is 0. The Morgan fingerprint density at radius 2 is 2.04 bits per heavy atom. The molecule has 1 saturated heterocycles. The van der Waals surface area contributed by atoms with E-state index in [1.165, 1.54) is 11.3 Å². The highest BCUT2D eigenvalue weighted by Gasteiger charge is 2.31. The van der Waals surface area contributed by atoms with Crippen molar-refractivity contribution in [2.45, 2.75) is 39.8 Å². The van der Waals surface area contributed by atoms with Crippen molar-refractivity contribution in [1.29, 1.82) is 0 Å². The minimum Gasteiger partial charge on any atom is -0.459 e. The molecule has 3 heterocycles. The van der Waals surface area contributed by atoms with Gasteiger partial charge < -0.3 is 14.6 Å². The highest BCUT2D eigenvalue weighted by molar-refractivity contribution is 7.17. The highest BCUT2D eigenvalue weighted by atomic mass is 35.5. The van der Waals surface area contributed by atoms with Gasteiger partial charge in [-0.15, -0.1) is 36.2 Å².